The first kappa shape index (κ1) is 13.9. The number of carbonyl (C=O) groups excluding carboxylic acids is 1. The maximum atomic E-state index is 11.6. The summed E-state index contributed by atoms with van der Waals surface area (Å²) >= 11 is 0. The van der Waals surface area contributed by atoms with Crippen molar-refractivity contribution >= 4 is 5.97 Å². The van der Waals surface area contributed by atoms with E-state index in [-0.39, 0.29) is 11.9 Å². The lowest BCUT2D eigenvalue weighted by molar-refractivity contribution is -0.148. The van der Waals surface area contributed by atoms with Crippen molar-refractivity contribution in [2.75, 3.05) is 26.7 Å². The van der Waals surface area contributed by atoms with Crippen LogP contribution in [-0.4, -0.2) is 37.6 Å². The van der Waals surface area contributed by atoms with Crippen molar-refractivity contribution in [1.82, 2.24) is 4.90 Å². The molecule has 0 aromatic carbocycles. The van der Waals surface area contributed by atoms with E-state index < -0.39 is 0 Å². The van der Waals surface area contributed by atoms with Gasteiger partial charge in [-0.3, -0.25) is 4.79 Å². The molecule has 4 unspecified atom stereocenters. The predicted octanol–water partition coefficient (Wildman–Crippen LogP) is 2.55. The van der Waals surface area contributed by atoms with Crippen LogP contribution in [0.25, 0.3) is 0 Å². The second-order valence-corrected chi connectivity index (χ2v) is 6.31. The van der Waals surface area contributed by atoms with E-state index in [1.807, 2.05) is 13.8 Å². The molecule has 2 bridgehead atoms. The lowest BCUT2D eigenvalue weighted by Gasteiger charge is -2.28. The first-order chi connectivity index (χ1) is 8.60. The Hall–Kier alpha value is -0.570. The van der Waals surface area contributed by atoms with Crippen LogP contribution >= 0.6 is 0 Å². The molecular weight excluding hydrogens is 226 g/mol. The summed E-state index contributed by atoms with van der Waals surface area (Å²) in [5, 5.41) is 0. The fraction of sp³-hybridized carbons (Fsp3) is 0.933. The molecular formula is C15H27NO2. The summed E-state index contributed by atoms with van der Waals surface area (Å²) in [6.07, 6.45) is 5.79. The zero-order valence-corrected chi connectivity index (χ0v) is 12.0. The smallest absolute Gasteiger partial charge is 0.309 e. The number of ether oxygens (including phenoxy) is 1. The predicted molar refractivity (Wildman–Crippen MR) is 72.2 cm³/mol. The van der Waals surface area contributed by atoms with Crippen molar-refractivity contribution in [2.24, 2.45) is 23.7 Å². The van der Waals surface area contributed by atoms with Crippen LogP contribution in [0.2, 0.25) is 0 Å². The van der Waals surface area contributed by atoms with Gasteiger partial charge >= 0.3 is 5.97 Å². The molecule has 2 fully saturated rings. The summed E-state index contributed by atoms with van der Waals surface area (Å²) < 4.78 is 5.06. The van der Waals surface area contributed by atoms with Crippen LogP contribution in [0, 0.1) is 23.7 Å². The molecule has 104 valence electrons. The van der Waals surface area contributed by atoms with Gasteiger partial charge in [0.25, 0.3) is 0 Å². The summed E-state index contributed by atoms with van der Waals surface area (Å²) in [6, 6.07) is 0. The van der Waals surface area contributed by atoms with Crippen LogP contribution in [0.5, 0.6) is 0 Å². The van der Waals surface area contributed by atoms with Gasteiger partial charge in [-0.15, -0.1) is 0 Å². The molecule has 0 radical (unpaired) electrons. The summed E-state index contributed by atoms with van der Waals surface area (Å²) in [4.78, 5) is 13.9. The van der Waals surface area contributed by atoms with Gasteiger partial charge in [0.2, 0.25) is 0 Å². The van der Waals surface area contributed by atoms with Gasteiger partial charge in [-0.25, -0.2) is 0 Å². The highest BCUT2D eigenvalue weighted by molar-refractivity contribution is 5.72. The van der Waals surface area contributed by atoms with E-state index in [0.29, 0.717) is 6.61 Å². The number of fused-ring (bicyclic) bond motifs is 2. The third kappa shape index (κ3) is 3.25. The molecule has 0 saturated heterocycles. The van der Waals surface area contributed by atoms with Gasteiger partial charge in [-0.1, -0.05) is 13.3 Å². The Kier molecular flexibility index (Phi) is 4.66. The van der Waals surface area contributed by atoms with Crippen molar-refractivity contribution < 1.29 is 9.53 Å². The highest BCUT2D eigenvalue weighted by atomic mass is 16.5. The summed E-state index contributed by atoms with van der Waals surface area (Å²) in [7, 11) is 2.14. The maximum absolute atomic E-state index is 11.6. The molecule has 0 N–H and O–H groups in total. The van der Waals surface area contributed by atoms with E-state index in [4.69, 9.17) is 4.74 Å². The van der Waals surface area contributed by atoms with Gasteiger partial charge in [0.1, 0.15) is 0 Å². The minimum Gasteiger partial charge on any atom is -0.466 e. The van der Waals surface area contributed by atoms with E-state index in [9.17, 15) is 4.79 Å². The zero-order valence-electron chi connectivity index (χ0n) is 12.0. The van der Waals surface area contributed by atoms with E-state index in [1.165, 1.54) is 25.7 Å². The Balaban J connectivity index is 1.71. The molecule has 3 nitrogen and oxygen atoms in total. The monoisotopic (exact) mass is 253 g/mol. The third-order valence-electron chi connectivity index (χ3n) is 4.71. The molecule has 0 aromatic heterocycles. The number of rotatable bonds is 6. The van der Waals surface area contributed by atoms with Crippen LogP contribution < -0.4 is 0 Å². The number of nitrogens with zero attached hydrogens (tertiary/aromatic N) is 1. The van der Waals surface area contributed by atoms with Crippen molar-refractivity contribution in [3.05, 3.63) is 0 Å². The standard InChI is InChI=1S/C15H27NO2/c1-4-18-15(17)11(2)9-16(3)10-14-8-12-5-6-13(14)7-12/h11-14H,4-10H2,1-3H3. The second-order valence-electron chi connectivity index (χ2n) is 6.31. The zero-order chi connectivity index (χ0) is 13.1. The largest absolute Gasteiger partial charge is 0.466 e. The van der Waals surface area contributed by atoms with E-state index >= 15 is 0 Å². The molecule has 0 aromatic rings. The highest BCUT2D eigenvalue weighted by Gasteiger charge is 2.39. The van der Waals surface area contributed by atoms with Crippen molar-refractivity contribution in [2.45, 2.75) is 39.5 Å². The molecule has 2 aliphatic rings. The minimum atomic E-state index is -0.0581. The summed E-state index contributed by atoms with van der Waals surface area (Å²) in [5.74, 6) is 2.79. The fourth-order valence-electron chi connectivity index (χ4n) is 3.90. The van der Waals surface area contributed by atoms with Crippen LogP contribution in [0.1, 0.15) is 39.5 Å². The normalized spacial score (nSPS) is 31.9. The Morgan fingerprint density at radius 1 is 1.39 bits per heavy atom. The topological polar surface area (TPSA) is 29.5 Å². The summed E-state index contributed by atoms with van der Waals surface area (Å²) in [5.41, 5.74) is 0. The minimum absolute atomic E-state index is 0.00598. The first-order valence-corrected chi connectivity index (χ1v) is 7.45. The molecule has 3 heteroatoms. The van der Waals surface area contributed by atoms with Crippen LogP contribution in [-0.2, 0) is 9.53 Å². The van der Waals surface area contributed by atoms with Crippen molar-refractivity contribution in [3.8, 4) is 0 Å². The van der Waals surface area contributed by atoms with E-state index in [0.717, 1.165) is 30.8 Å². The Morgan fingerprint density at radius 3 is 2.72 bits per heavy atom. The first-order valence-electron chi connectivity index (χ1n) is 7.45. The van der Waals surface area contributed by atoms with E-state index in [2.05, 4.69) is 11.9 Å². The molecule has 4 atom stereocenters. The lowest BCUT2D eigenvalue weighted by Crippen LogP contribution is -2.34. The average molecular weight is 253 g/mol. The Bertz CT molecular complexity index is 292. The van der Waals surface area contributed by atoms with E-state index in [1.54, 1.807) is 0 Å². The second kappa shape index (κ2) is 6.05. The van der Waals surface area contributed by atoms with Crippen molar-refractivity contribution in [1.29, 1.82) is 0 Å². The van der Waals surface area contributed by atoms with Gasteiger partial charge in [0.05, 0.1) is 12.5 Å². The molecule has 2 saturated carbocycles. The van der Waals surface area contributed by atoms with Crippen LogP contribution in [0.3, 0.4) is 0 Å². The SMILES string of the molecule is CCOC(=O)C(C)CN(C)CC1CC2CCC1C2. The third-order valence-corrected chi connectivity index (χ3v) is 4.71. The van der Waals surface area contributed by atoms with Gasteiger partial charge < -0.3 is 9.64 Å². The molecule has 0 amide bonds. The number of hydrogen-bond donors (Lipinski definition) is 0. The number of esters is 1. The molecule has 0 spiro atoms. The fourth-order valence-corrected chi connectivity index (χ4v) is 3.90. The van der Waals surface area contributed by atoms with Gasteiger partial charge in [-0.2, -0.15) is 0 Å². The molecule has 0 heterocycles. The number of carbonyl (C=O) groups is 1. The van der Waals surface area contributed by atoms with Gasteiger partial charge in [0, 0.05) is 13.1 Å². The van der Waals surface area contributed by atoms with Gasteiger partial charge in [0.15, 0.2) is 0 Å². The summed E-state index contributed by atoms with van der Waals surface area (Å²) in [6.45, 7) is 6.30. The molecule has 2 rings (SSSR count). The van der Waals surface area contributed by atoms with Gasteiger partial charge in [-0.05, 0) is 51.0 Å². The highest BCUT2D eigenvalue weighted by Crippen LogP contribution is 2.48. The maximum Gasteiger partial charge on any atom is 0.309 e. The Labute approximate surface area is 111 Å². The quantitative estimate of drug-likeness (QED) is 0.681. The van der Waals surface area contributed by atoms with Crippen LogP contribution in [0.4, 0.5) is 0 Å². The molecule has 2 aliphatic carbocycles. The molecule has 0 aliphatic heterocycles. The van der Waals surface area contributed by atoms with Crippen molar-refractivity contribution in [3.63, 3.8) is 0 Å². The lowest BCUT2D eigenvalue weighted by atomic mass is 9.88. The molecule has 18 heavy (non-hydrogen) atoms. The van der Waals surface area contributed by atoms with Crippen LogP contribution in [0.15, 0.2) is 0 Å². The Morgan fingerprint density at radius 2 is 2.17 bits per heavy atom. The average Bonchev–Trinajstić information content (AvgIpc) is 2.90. The number of hydrogen-bond acceptors (Lipinski definition) is 3.